The van der Waals surface area contributed by atoms with Crippen molar-refractivity contribution >= 4 is 29.2 Å². The molecule has 182 valence electrons. The van der Waals surface area contributed by atoms with Crippen molar-refractivity contribution in [2.24, 2.45) is 0 Å². The van der Waals surface area contributed by atoms with Gasteiger partial charge in [-0.1, -0.05) is 19.9 Å². The highest BCUT2D eigenvalue weighted by Gasteiger charge is 2.37. The molecule has 0 saturated heterocycles. The van der Waals surface area contributed by atoms with Crippen LogP contribution in [-0.4, -0.2) is 51.6 Å². The SMILES string of the molecule is CC1(C)CC(=O)N(CCCC(=O)O)c2ccc(C(=O)CN3Cc4ccc(C5CC5)nc4C3=N)cc21. The van der Waals surface area contributed by atoms with Gasteiger partial charge in [-0.25, -0.2) is 4.98 Å². The lowest BCUT2D eigenvalue weighted by Gasteiger charge is -2.39. The van der Waals surface area contributed by atoms with Gasteiger partial charge in [0.15, 0.2) is 5.78 Å². The van der Waals surface area contributed by atoms with Crippen LogP contribution in [0.4, 0.5) is 5.69 Å². The molecular formula is C27H30N4O4. The van der Waals surface area contributed by atoms with E-state index < -0.39 is 11.4 Å². The molecule has 0 radical (unpaired) electrons. The van der Waals surface area contributed by atoms with Crippen molar-refractivity contribution in [3.05, 3.63) is 58.4 Å². The Morgan fingerprint density at radius 3 is 2.69 bits per heavy atom. The maximum Gasteiger partial charge on any atom is 0.303 e. The van der Waals surface area contributed by atoms with Crippen LogP contribution >= 0.6 is 0 Å². The number of hydrogen-bond donors (Lipinski definition) is 2. The third-order valence-corrected chi connectivity index (χ3v) is 7.24. The highest BCUT2D eigenvalue weighted by Crippen LogP contribution is 2.41. The van der Waals surface area contributed by atoms with E-state index in [4.69, 9.17) is 15.5 Å². The Balaban J connectivity index is 1.34. The van der Waals surface area contributed by atoms with Crippen LogP contribution in [0.3, 0.4) is 0 Å². The molecule has 8 heteroatoms. The van der Waals surface area contributed by atoms with Gasteiger partial charge in [0.25, 0.3) is 0 Å². The Hall–Kier alpha value is -3.55. The number of nitrogens with zero attached hydrogens (tertiary/aromatic N) is 3. The van der Waals surface area contributed by atoms with E-state index in [1.54, 1.807) is 21.9 Å². The molecule has 0 spiro atoms. The van der Waals surface area contributed by atoms with Gasteiger partial charge in [0.05, 0.1) is 6.54 Å². The molecule has 2 aromatic rings. The molecule has 1 amide bonds. The average molecular weight is 475 g/mol. The number of Topliss-reactive ketones (excluding diaryl/α,β-unsaturated/α-hetero) is 1. The molecule has 35 heavy (non-hydrogen) atoms. The lowest BCUT2D eigenvalue weighted by Crippen LogP contribution is -2.42. The third kappa shape index (κ3) is 4.45. The summed E-state index contributed by atoms with van der Waals surface area (Å²) in [6, 6.07) is 9.48. The number of pyridine rings is 1. The van der Waals surface area contributed by atoms with Crippen LogP contribution in [0.5, 0.6) is 0 Å². The van der Waals surface area contributed by atoms with Gasteiger partial charge in [-0.15, -0.1) is 0 Å². The number of carbonyl (C=O) groups is 3. The number of carboxylic acid groups (broad SMARTS) is 1. The molecule has 1 aromatic carbocycles. The number of aliphatic carboxylic acids is 1. The van der Waals surface area contributed by atoms with Gasteiger partial charge in [-0.3, -0.25) is 19.8 Å². The van der Waals surface area contributed by atoms with Crippen LogP contribution in [0.15, 0.2) is 30.3 Å². The van der Waals surface area contributed by atoms with Gasteiger partial charge >= 0.3 is 5.97 Å². The molecule has 2 aliphatic heterocycles. The zero-order chi connectivity index (χ0) is 24.9. The molecule has 3 aliphatic rings. The number of fused-ring (bicyclic) bond motifs is 2. The van der Waals surface area contributed by atoms with E-state index in [1.165, 1.54) is 0 Å². The molecule has 0 bridgehead atoms. The maximum absolute atomic E-state index is 13.3. The van der Waals surface area contributed by atoms with Gasteiger partial charge in [0, 0.05) is 59.8 Å². The summed E-state index contributed by atoms with van der Waals surface area (Å²) in [6.07, 6.45) is 2.97. The molecule has 8 nitrogen and oxygen atoms in total. The summed E-state index contributed by atoms with van der Waals surface area (Å²) in [4.78, 5) is 45.1. The van der Waals surface area contributed by atoms with Crippen molar-refractivity contribution in [2.45, 2.75) is 63.8 Å². The number of benzene rings is 1. The van der Waals surface area contributed by atoms with E-state index in [9.17, 15) is 14.4 Å². The molecule has 1 saturated carbocycles. The van der Waals surface area contributed by atoms with E-state index in [-0.39, 0.29) is 24.7 Å². The van der Waals surface area contributed by atoms with Gasteiger partial charge < -0.3 is 14.9 Å². The van der Waals surface area contributed by atoms with Crippen molar-refractivity contribution in [3.63, 3.8) is 0 Å². The second-order valence-corrected chi connectivity index (χ2v) is 10.5. The summed E-state index contributed by atoms with van der Waals surface area (Å²) in [5.74, 6) is -0.196. The van der Waals surface area contributed by atoms with Crippen molar-refractivity contribution in [1.82, 2.24) is 9.88 Å². The monoisotopic (exact) mass is 474 g/mol. The van der Waals surface area contributed by atoms with Gasteiger partial charge in [0.2, 0.25) is 5.91 Å². The van der Waals surface area contributed by atoms with Crippen LogP contribution in [0.25, 0.3) is 0 Å². The molecule has 5 rings (SSSR count). The second kappa shape index (κ2) is 8.59. The van der Waals surface area contributed by atoms with Gasteiger partial charge in [0.1, 0.15) is 11.5 Å². The third-order valence-electron chi connectivity index (χ3n) is 7.24. The lowest BCUT2D eigenvalue weighted by atomic mass is 9.76. The molecule has 1 aliphatic carbocycles. The predicted molar refractivity (Wildman–Crippen MR) is 131 cm³/mol. The van der Waals surface area contributed by atoms with Crippen molar-refractivity contribution in [1.29, 1.82) is 5.41 Å². The highest BCUT2D eigenvalue weighted by molar-refractivity contribution is 6.05. The Labute approximate surface area is 204 Å². The number of hydrogen-bond acceptors (Lipinski definition) is 5. The molecular weight excluding hydrogens is 444 g/mol. The first-order chi connectivity index (χ1) is 16.6. The van der Waals surface area contributed by atoms with Crippen molar-refractivity contribution < 1.29 is 19.5 Å². The Morgan fingerprint density at radius 2 is 1.97 bits per heavy atom. The maximum atomic E-state index is 13.3. The van der Waals surface area contributed by atoms with Crippen LogP contribution < -0.4 is 4.90 Å². The molecule has 0 unspecified atom stereocenters. The predicted octanol–water partition coefficient (Wildman–Crippen LogP) is 3.86. The van der Waals surface area contributed by atoms with E-state index in [1.807, 2.05) is 32.0 Å². The number of amidine groups is 1. The smallest absolute Gasteiger partial charge is 0.303 e. The number of ketones is 1. The van der Waals surface area contributed by atoms with Gasteiger partial charge in [-0.2, -0.15) is 0 Å². The number of rotatable bonds is 8. The summed E-state index contributed by atoms with van der Waals surface area (Å²) in [5.41, 5.74) is 4.47. The summed E-state index contributed by atoms with van der Waals surface area (Å²) < 4.78 is 0. The summed E-state index contributed by atoms with van der Waals surface area (Å²) >= 11 is 0. The van der Waals surface area contributed by atoms with E-state index in [2.05, 4.69) is 0 Å². The van der Waals surface area contributed by atoms with E-state index in [0.29, 0.717) is 48.9 Å². The first-order valence-electron chi connectivity index (χ1n) is 12.2. The fraction of sp³-hybridized carbons (Fsp3) is 0.444. The van der Waals surface area contributed by atoms with E-state index >= 15 is 0 Å². The number of aromatic nitrogens is 1. The van der Waals surface area contributed by atoms with Crippen molar-refractivity contribution in [3.8, 4) is 0 Å². The first kappa shape index (κ1) is 23.2. The van der Waals surface area contributed by atoms with E-state index in [0.717, 1.165) is 35.3 Å². The van der Waals surface area contributed by atoms with Crippen LogP contribution in [0.2, 0.25) is 0 Å². The standard InChI is InChI=1S/C27H30N4O4/c1-27(2)13-23(33)31(11-3-4-24(34)35)21-10-8-17(12-19(21)27)22(32)15-30-14-18-7-9-20(16-5-6-16)29-25(18)26(30)28/h7-10,12,16,28H,3-6,11,13-15H2,1-2H3,(H,34,35). The molecule has 3 heterocycles. The average Bonchev–Trinajstić information content (AvgIpc) is 3.61. The minimum Gasteiger partial charge on any atom is -0.481 e. The van der Waals surface area contributed by atoms with Gasteiger partial charge in [-0.05, 0) is 49.1 Å². The Kier molecular flexibility index (Phi) is 5.69. The minimum absolute atomic E-state index is 0.000262. The highest BCUT2D eigenvalue weighted by atomic mass is 16.4. The van der Waals surface area contributed by atoms with Crippen LogP contribution in [0.1, 0.15) is 84.7 Å². The number of nitrogens with one attached hydrogen (secondary N) is 1. The largest absolute Gasteiger partial charge is 0.481 e. The van der Waals surface area contributed by atoms with Crippen LogP contribution in [-0.2, 0) is 21.5 Å². The number of amides is 1. The normalized spacial score (nSPS) is 18.5. The molecule has 1 aromatic heterocycles. The zero-order valence-electron chi connectivity index (χ0n) is 20.1. The Morgan fingerprint density at radius 1 is 1.20 bits per heavy atom. The second-order valence-electron chi connectivity index (χ2n) is 10.5. The number of anilines is 1. The molecule has 1 fully saturated rings. The topological polar surface area (TPSA) is 115 Å². The lowest BCUT2D eigenvalue weighted by molar-refractivity contribution is -0.137. The molecule has 2 N–H and O–H groups in total. The first-order valence-corrected chi connectivity index (χ1v) is 12.2. The van der Waals surface area contributed by atoms with Crippen LogP contribution in [0, 0.1) is 5.41 Å². The minimum atomic E-state index is -0.885. The van der Waals surface area contributed by atoms with Crippen molar-refractivity contribution in [2.75, 3.05) is 18.0 Å². The quantitative estimate of drug-likeness (QED) is 0.562. The summed E-state index contributed by atoms with van der Waals surface area (Å²) in [5, 5.41) is 17.5. The summed E-state index contributed by atoms with van der Waals surface area (Å²) in [7, 11) is 0. The molecule has 0 atom stereocenters. The zero-order valence-corrected chi connectivity index (χ0v) is 20.1. The fourth-order valence-corrected chi connectivity index (χ4v) is 5.10. The number of carboxylic acids is 1. The summed E-state index contributed by atoms with van der Waals surface area (Å²) in [6.45, 7) is 4.90. The fourth-order valence-electron chi connectivity index (χ4n) is 5.10. The number of carbonyl (C=O) groups excluding carboxylic acids is 2. The Bertz CT molecular complexity index is 1250.